The lowest BCUT2D eigenvalue weighted by atomic mass is 9.96. The zero-order valence-corrected chi connectivity index (χ0v) is 33.9. The predicted octanol–water partition coefficient (Wildman–Crippen LogP) is 11.2. The van der Waals surface area contributed by atoms with Crippen LogP contribution in [-0.2, 0) is 32.3 Å². The number of rotatable bonds is 35. The van der Waals surface area contributed by atoms with E-state index in [9.17, 15) is 9.59 Å². The Bertz CT molecular complexity index is 1090. The monoisotopic (exact) mass is 721 g/mol. The molecule has 0 aliphatic heterocycles. The quantitative estimate of drug-likeness (QED) is 0.0661. The first-order valence-electron chi connectivity index (χ1n) is 21.3. The van der Waals surface area contributed by atoms with E-state index in [2.05, 4.69) is 61.8 Å². The maximum atomic E-state index is 12.8. The SMILES string of the molecule is CCCCCCCN(CCCC)CCCC(=O)COCc1ccccc1-c1ccccc1COCC(=O)CCCN(CCCC)CCCCCCC. The summed E-state index contributed by atoms with van der Waals surface area (Å²) in [5.74, 6) is 0.343. The second-order valence-corrected chi connectivity index (χ2v) is 14.8. The fraction of sp³-hybridized carbons (Fsp3) is 0.696. The molecule has 0 N–H and O–H groups in total. The molecule has 0 aliphatic rings. The second-order valence-electron chi connectivity index (χ2n) is 14.8. The van der Waals surface area contributed by atoms with Crippen molar-refractivity contribution in [2.75, 3.05) is 52.5 Å². The molecule has 294 valence electrons. The van der Waals surface area contributed by atoms with Gasteiger partial charge in [0.25, 0.3) is 0 Å². The molecular formula is C46H76N2O4. The number of benzene rings is 2. The molecule has 6 heteroatoms. The van der Waals surface area contributed by atoms with Gasteiger partial charge in [-0.1, -0.05) is 140 Å². The summed E-state index contributed by atoms with van der Waals surface area (Å²) in [5.41, 5.74) is 4.25. The van der Waals surface area contributed by atoms with Gasteiger partial charge < -0.3 is 19.3 Å². The van der Waals surface area contributed by atoms with Crippen LogP contribution in [0.3, 0.4) is 0 Å². The van der Waals surface area contributed by atoms with E-state index in [1.807, 2.05) is 24.3 Å². The van der Waals surface area contributed by atoms with Crippen molar-refractivity contribution >= 4 is 11.6 Å². The summed E-state index contributed by atoms with van der Waals surface area (Å²) in [5, 5.41) is 0. The molecule has 0 fully saturated rings. The molecule has 0 amide bonds. The highest BCUT2D eigenvalue weighted by molar-refractivity contribution is 5.80. The average Bonchev–Trinajstić information content (AvgIpc) is 3.15. The Balaban J connectivity index is 1.79. The molecular weight excluding hydrogens is 645 g/mol. The maximum absolute atomic E-state index is 12.8. The van der Waals surface area contributed by atoms with Crippen LogP contribution in [0, 0.1) is 0 Å². The molecule has 0 aromatic heterocycles. The molecule has 2 aromatic carbocycles. The van der Waals surface area contributed by atoms with Crippen LogP contribution in [0.15, 0.2) is 48.5 Å². The highest BCUT2D eigenvalue weighted by Gasteiger charge is 2.13. The molecule has 0 aliphatic carbocycles. The van der Waals surface area contributed by atoms with Crippen LogP contribution in [0.25, 0.3) is 11.1 Å². The van der Waals surface area contributed by atoms with Gasteiger partial charge in [0.05, 0.1) is 13.2 Å². The third kappa shape index (κ3) is 21.4. The van der Waals surface area contributed by atoms with Gasteiger partial charge in [-0.15, -0.1) is 0 Å². The third-order valence-corrected chi connectivity index (χ3v) is 10.0. The first-order chi connectivity index (χ1) is 25.5. The lowest BCUT2D eigenvalue weighted by Crippen LogP contribution is -2.28. The van der Waals surface area contributed by atoms with Gasteiger partial charge in [-0.25, -0.2) is 0 Å². The molecule has 0 saturated carbocycles. The zero-order chi connectivity index (χ0) is 37.5. The van der Waals surface area contributed by atoms with Crippen molar-refractivity contribution in [2.45, 2.75) is 156 Å². The molecule has 52 heavy (non-hydrogen) atoms. The minimum Gasteiger partial charge on any atom is -0.369 e. The minimum atomic E-state index is 0.141. The van der Waals surface area contributed by atoms with Gasteiger partial charge in [-0.05, 0) is 100 Å². The number of carbonyl (C=O) groups is 2. The molecule has 6 nitrogen and oxygen atoms in total. The maximum Gasteiger partial charge on any atom is 0.158 e. The number of nitrogens with zero attached hydrogens (tertiary/aromatic N) is 2. The van der Waals surface area contributed by atoms with E-state index in [4.69, 9.17) is 9.47 Å². The summed E-state index contributed by atoms with van der Waals surface area (Å²) < 4.78 is 12.0. The lowest BCUT2D eigenvalue weighted by molar-refractivity contribution is -0.124. The van der Waals surface area contributed by atoms with Gasteiger partial charge in [-0.2, -0.15) is 0 Å². The molecule has 0 atom stereocenters. The molecule has 0 heterocycles. The Labute approximate surface area is 319 Å². The smallest absolute Gasteiger partial charge is 0.158 e. The van der Waals surface area contributed by atoms with Crippen molar-refractivity contribution in [1.82, 2.24) is 9.80 Å². The van der Waals surface area contributed by atoms with Crippen molar-refractivity contribution in [2.24, 2.45) is 0 Å². The molecule has 0 unspecified atom stereocenters. The summed E-state index contributed by atoms with van der Waals surface area (Å²) in [7, 11) is 0. The van der Waals surface area contributed by atoms with Crippen LogP contribution in [0.4, 0.5) is 0 Å². The van der Waals surface area contributed by atoms with Gasteiger partial charge in [0, 0.05) is 12.8 Å². The number of Topliss-reactive ketones (excluding diaryl/α,β-unsaturated/α-hetero) is 2. The van der Waals surface area contributed by atoms with Crippen molar-refractivity contribution in [3.63, 3.8) is 0 Å². The van der Waals surface area contributed by atoms with Crippen LogP contribution in [0.5, 0.6) is 0 Å². The Morgan fingerprint density at radius 3 is 1.19 bits per heavy atom. The fourth-order valence-corrected chi connectivity index (χ4v) is 6.82. The van der Waals surface area contributed by atoms with Crippen molar-refractivity contribution in [1.29, 1.82) is 0 Å². The van der Waals surface area contributed by atoms with Crippen molar-refractivity contribution < 1.29 is 19.1 Å². The molecule has 0 radical (unpaired) electrons. The molecule has 2 rings (SSSR count). The second kappa shape index (κ2) is 31.0. The number of carbonyl (C=O) groups excluding carboxylic acids is 2. The standard InChI is InChI=1S/C46H76N2O4/c1-5-9-13-15-21-33-47(31-11-7-3)35-23-27-43(49)39-51-37-41-25-17-19-29-45(41)46-30-20-18-26-42(46)38-52-40-44(50)28-24-36-48(32-12-8-4)34-22-16-14-10-6-2/h17-20,25-26,29-30H,5-16,21-24,27-28,31-40H2,1-4H3. The number of hydrogen-bond acceptors (Lipinski definition) is 6. The normalized spacial score (nSPS) is 11.6. The van der Waals surface area contributed by atoms with E-state index >= 15 is 0 Å². The molecule has 2 aromatic rings. The zero-order valence-electron chi connectivity index (χ0n) is 33.9. The number of ketones is 2. The lowest BCUT2D eigenvalue weighted by Gasteiger charge is -2.22. The van der Waals surface area contributed by atoms with E-state index < -0.39 is 0 Å². The molecule has 0 bridgehead atoms. The Morgan fingerprint density at radius 1 is 0.442 bits per heavy atom. The third-order valence-electron chi connectivity index (χ3n) is 10.0. The highest BCUT2D eigenvalue weighted by atomic mass is 16.5. The largest absolute Gasteiger partial charge is 0.369 e. The molecule has 0 saturated heterocycles. The predicted molar refractivity (Wildman–Crippen MR) is 220 cm³/mol. The van der Waals surface area contributed by atoms with Crippen LogP contribution in [0.1, 0.15) is 154 Å². The summed E-state index contributed by atoms with van der Waals surface area (Å²) in [6.07, 6.45) is 20.7. The number of unbranched alkanes of at least 4 members (excludes halogenated alkanes) is 10. The fourth-order valence-electron chi connectivity index (χ4n) is 6.82. The van der Waals surface area contributed by atoms with Crippen molar-refractivity contribution in [3.8, 4) is 11.1 Å². The average molecular weight is 721 g/mol. The van der Waals surface area contributed by atoms with Crippen LogP contribution in [-0.4, -0.2) is 73.8 Å². The van der Waals surface area contributed by atoms with E-state index in [0.29, 0.717) is 26.1 Å². The Kier molecular flexibility index (Phi) is 27.3. The van der Waals surface area contributed by atoms with Gasteiger partial charge in [0.15, 0.2) is 11.6 Å². The topological polar surface area (TPSA) is 59.1 Å². The minimum absolute atomic E-state index is 0.141. The first kappa shape index (κ1) is 45.8. The van der Waals surface area contributed by atoms with Gasteiger partial charge in [0.2, 0.25) is 0 Å². The summed E-state index contributed by atoms with van der Waals surface area (Å²) in [4.78, 5) is 30.6. The first-order valence-corrected chi connectivity index (χ1v) is 21.3. The van der Waals surface area contributed by atoms with Crippen molar-refractivity contribution in [3.05, 3.63) is 59.7 Å². The van der Waals surface area contributed by atoms with E-state index in [0.717, 1.165) is 74.4 Å². The number of hydrogen-bond donors (Lipinski definition) is 0. The van der Waals surface area contributed by atoms with Crippen LogP contribution in [0.2, 0.25) is 0 Å². The summed E-state index contributed by atoms with van der Waals surface area (Å²) in [6, 6.07) is 16.5. The summed E-state index contributed by atoms with van der Waals surface area (Å²) in [6.45, 7) is 16.6. The molecule has 0 spiro atoms. The van der Waals surface area contributed by atoms with Crippen LogP contribution >= 0.6 is 0 Å². The number of ether oxygens (including phenoxy) is 2. The van der Waals surface area contributed by atoms with E-state index in [1.54, 1.807) is 0 Å². The highest BCUT2D eigenvalue weighted by Crippen LogP contribution is 2.28. The van der Waals surface area contributed by atoms with E-state index in [-0.39, 0.29) is 24.8 Å². The summed E-state index contributed by atoms with van der Waals surface area (Å²) >= 11 is 0. The Morgan fingerprint density at radius 2 is 0.788 bits per heavy atom. The van der Waals surface area contributed by atoms with E-state index in [1.165, 1.54) is 89.9 Å². The van der Waals surface area contributed by atoms with Gasteiger partial charge >= 0.3 is 0 Å². The van der Waals surface area contributed by atoms with Crippen LogP contribution < -0.4 is 0 Å². The van der Waals surface area contributed by atoms with Gasteiger partial charge in [-0.3, -0.25) is 9.59 Å². The Hall–Kier alpha value is -2.38. The van der Waals surface area contributed by atoms with Gasteiger partial charge in [0.1, 0.15) is 13.2 Å².